The maximum Gasteiger partial charge on any atom is 0.255 e. The third-order valence-electron chi connectivity index (χ3n) is 3.20. The van der Waals surface area contributed by atoms with E-state index in [9.17, 15) is 4.79 Å². The van der Waals surface area contributed by atoms with Crippen molar-refractivity contribution in [3.8, 4) is 11.5 Å². The van der Waals surface area contributed by atoms with Crippen molar-refractivity contribution in [2.24, 2.45) is 0 Å². The molecule has 2 rings (SSSR count). The van der Waals surface area contributed by atoms with Gasteiger partial charge >= 0.3 is 0 Å². The molecule has 0 aliphatic heterocycles. The molecule has 5 heteroatoms. The zero-order valence-corrected chi connectivity index (χ0v) is 12.9. The lowest BCUT2D eigenvalue weighted by Crippen LogP contribution is -2.13. The number of ether oxygens (including phenoxy) is 3. The first kappa shape index (κ1) is 15.9. The normalized spacial score (nSPS) is 10.1. The Bertz CT molecular complexity index is 655. The number of carbonyl (C=O) groups is 1. The zero-order valence-electron chi connectivity index (χ0n) is 12.9. The van der Waals surface area contributed by atoms with Gasteiger partial charge in [0.15, 0.2) is 0 Å². The van der Waals surface area contributed by atoms with Gasteiger partial charge in [0.1, 0.15) is 11.5 Å². The van der Waals surface area contributed by atoms with E-state index < -0.39 is 0 Å². The van der Waals surface area contributed by atoms with E-state index in [2.05, 4.69) is 5.32 Å². The molecule has 2 aromatic rings. The molecule has 0 aromatic heterocycles. The molecule has 116 valence electrons. The van der Waals surface area contributed by atoms with E-state index in [1.54, 1.807) is 51.7 Å². The molecular weight excluding hydrogens is 282 g/mol. The van der Waals surface area contributed by atoms with Crippen LogP contribution in [0.3, 0.4) is 0 Å². The van der Waals surface area contributed by atoms with Crippen molar-refractivity contribution in [1.82, 2.24) is 0 Å². The highest BCUT2D eigenvalue weighted by atomic mass is 16.5. The summed E-state index contributed by atoms with van der Waals surface area (Å²) in [5.74, 6) is 1.08. The quantitative estimate of drug-likeness (QED) is 0.890. The number of carbonyl (C=O) groups excluding carboxylic acids is 1. The maximum absolute atomic E-state index is 12.4. The van der Waals surface area contributed by atoms with Crippen molar-refractivity contribution >= 4 is 11.6 Å². The van der Waals surface area contributed by atoms with E-state index in [4.69, 9.17) is 14.2 Å². The molecule has 0 heterocycles. The molecule has 0 atom stereocenters. The first-order valence-corrected chi connectivity index (χ1v) is 6.79. The second-order valence-corrected chi connectivity index (χ2v) is 4.61. The molecule has 0 saturated carbocycles. The van der Waals surface area contributed by atoms with Gasteiger partial charge in [-0.25, -0.2) is 0 Å². The van der Waals surface area contributed by atoms with Crippen LogP contribution in [0.1, 0.15) is 15.9 Å². The summed E-state index contributed by atoms with van der Waals surface area (Å²) in [6, 6.07) is 12.5. The minimum atomic E-state index is -0.218. The Kier molecular flexibility index (Phi) is 5.38. The average molecular weight is 301 g/mol. The molecule has 0 unspecified atom stereocenters. The van der Waals surface area contributed by atoms with Gasteiger partial charge in [0.25, 0.3) is 5.91 Å². The average Bonchev–Trinajstić information content (AvgIpc) is 2.55. The lowest BCUT2D eigenvalue weighted by molar-refractivity contribution is 0.102. The van der Waals surface area contributed by atoms with Crippen molar-refractivity contribution in [3.63, 3.8) is 0 Å². The summed E-state index contributed by atoms with van der Waals surface area (Å²) < 4.78 is 15.6. The zero-order chi connectivity index (χ0) is 15.9. The lowest BCUT2D eigenvalue weighted by atomic mass is 10.1. The highest BCUT2D eigenvalue weighted by Gasteiger charge is 2.12. The van der Waals surface area contributed by atoms with Gasteiger partial charge in [-0.15, -0.1) is 0 Å². The molecule has 0 spiro atoms. The third kappa shape index (κ3) is 3.56. The molecule has 0 saturated heterocycles. The summed E-state index contributed by atoms with van der Waals surface area (Å²) in [6.45, 7) is 0.374. The maximum atomic E-state index is 12.4. The minimum absolute atomic E-state index is 0.218. The van der Waals surface area contributed by atoms with Crippen LogP contribution in [-0.4, -0.2) is 27.2 Å². The van der Waals surface area contributed by atoms with Crippen LogP contribution in [0.25, 0.3) is 0 Å². The highest BCUT2D eigenvalue weighted by Crippen LogP contribution is 2.25. The number of para-hydroxylation sites is 2. The number of rotatable bonds is 6. The number of hydrogen-bond donors (Lipinski definition) is 1. The SMILES string of the molecule is COCc1cc(C(=O)Nc2ccccc2OC)ccc1OC. The Labute approximate surface area is 129 Å². The van der Waals surface area contributed by atoms with Crippen molar-refractivity contribution in [2.45, 2.75) is 6.61 Å². The van der Waals surface area contributed by atoms with Crippen LogP contribution in [0.2, 0.25) is 0 Å². The molecule has 1 amide bonds. The second kappa shape index (κ2) is 7.47. The second-order valence-electron chi connectivity index (χ2n) is 4.61. The molecule has 1 N–H and O–H groups in total. The fourth-order valence-corrected chi connectivity index (χ4v) is 2.13. The summed E-state index contributed by atoms with van der Waals surface area (Å²) in [7, 11) is 4.75. The standard InChI is InChI=1S/C17H19NO4/c1-20-11-13-10-12(8-9-15(13)21-2)17(19)18-14-6-4-5-7-16(14)22-3/h4-10H,11H2,1-3H3,(H,18,19). The van der Waals surface area contributed by atoms with Gasteiger partial charge in [0.2, 0.25) is 0 Å². The predicted molar refractivity (Wildman–Crippen MR) is 84.7 cm³/mol. The smallest absolute Gasteiger partial charge is 0.255 e. The molecule has 0 bridgehead atoms. The topological polar surface area (TPSA) is 56.8 Å². The van der Waals surface area contributed by atoms with E-state index in [1.807, 2.05) is 12.1 Å². The summed E-state index contributed by atoms with van der Waals surface area (Å²) in [6.07, 6.45) is 0. The number of amides is 1. The van der Waals surface area contributed by atoms with Gasteiger partial charge in [-0.2, -0.15) is 0 Å². The Morgan fingerprint density at radius 1 is 1.00 bits per heavy atom. The van der Waals surface area contributed by atoms with Crippen LogP contribution in [0, 0.1) is 0 Å². The summed E-state index contributed by atoms with van der Waals surface area (Å²) in [5.41, 5.74) is 1.97. The van der Waals surface area contributed by atoms with Crippen molar-refractivity contribution < 1.29 is 19.0 Å². The molecule has 2 aromatic carbocycles. The number of anilines is 1. The van der Waals surface area contributed by atoms with E-state index in [1.165, 1.54) is 0 Å². The molecule has 0 aliphatic carbocycles. The lowest BCUT2D eigenvalue weighted by Gasteiger charge is -2.12. The molecule has 0 radical (unpaired) electrons. The molecule has 5 nitrogen and oxygen atoms in total. The van der Waals surface area contributed by atoms with Crippen LogP contribution in [0.4, 0.5) is 5.69 Å². The minimum Gasteiger partial charge on any atom is -0.496 e. The monoisotopic (exact) mass is 301 g/mol. The molecule has 22 heavy (non-hydrogen) atoms. The van der Waals surface area contributed by atoms with Crippen molar-refractivity contribution in [1.29, 1.82) is 0 Å². The highest BCUT2D eigenvalue weighted by molar-refractivity contribution is 6.05. The number of benzene rings is 2. The van der Waals surface area contributed by atoms with Gasteiger partial charge in [-0.3, -0.25) is 4.79 Å². The number of methoxy groups -OCH3 is 3. The fourth-order valence-electron chi connectivity index (χ4n) is 2.13. The Balaban J connectivity index is 2.24. The fraction of sp³-hybridized carbons (Fsp3) is 0.235. The van der Waals surface area contributed by atoms with Crippen LogP contribution in [0.5, 0.6) is 11.5 Å². The van der Waals surface area contributed by atoms with Crippen LogP contribution in [0.15, 0.2) is 42.5 Å². The van der Waals surface area contributed by atoms with Gasteiger partial charge in [-0.05, 0) is 30.3 Å². The van der Waals surface area contributed by atoms with E-state index >= 15 is 0 Å². The largest absolute Gasteiger partial charge is 0.496 e. The van der Waals surface area contributed by atoms with E-state index in [0.29, 0.717) is 29.4 Å². The van der Waals surface area contributed by atoms with E-state index in [-0.39, 0.29) is 5.91 Å². The molecule has 0 aliphatic rings. The summed E-state index contributed by atoms with van der Waals surface area (Å²) in [5, 5.41) is 2.84. The first-order valence-electron chi connectivity index (χ1n) is 6.79. The third-order valence-corrected chi connectivity index (χ3v) is 3.20. The molecular formula is C17H19NO4. The Morgan fingerprint density at radius 2 is 1.73 bits per heavy atom. The van der Waals surface area contributed by atoms with E-state index in [0.717, 1.165) is 5.56 Å². The number of nitrogens with one attached hydrogen (secondary N) is 1. The molecule has 0 fully saturated rings. The van der Waals surface area contributed by atoms with Crippen molar-refractivity contribution in [3.05, 3.63) is 53.6 Å². The Hall–Kier alpha value is -2.53. The van der Waals surface area contributed by atoms with Crippen LogP contribution in [-0.2, 0) is 11.3 Å². The van der Waals surface area contributed by atoms with Crippen molar-refractivity contribution in [2.75, 3.05) is 26.6 Å². The number of hydrogen-bond acceptors (Lipinski definition) is 4. The summed E-state index contributed by atoms with van der Waals surface area (Å²) in [4.78, 5) is 12.4. The van der Waals surface area contributed by atoms with Gasteiger partial charge in [-0.1, -0.05) is 12.1 Å². The van der Waals surface area contributed by atoms with Gasteiger partial charge < -0.3 is 19.5 Å². The Morgan fingerprint density at radius 3 is 2.41 bits per heavy atom. The predicted octanol–water partition coefficient (Wildman–Crippen LogP) is 3.10. The van der Waals surface area contributed by atoms with Crippen LogP contribution < -0.4 is 14.8 Å². The van der Waals surface area contributed by atoms with Crippen LogP contribution >= 0.6 is 0 Å². The summed E-state index contributed by atoms with van der Waals surface area (Å²) >= 11 is 0. The van der Waals surface area contributed by atoms with Gasteiger partial charge in [0.05, 0.1) is 26.5 Å². The van der Waals surface area contributed by atoms with Gasteiger partial charge in [0, 0.05) is 18.2 Å². The first-order chi connectivity index (χ1) is 10.7.